The van der Waals surface area contributed by atoms with Gasteiger partial charge in [-0.1, -0.05) is 48.0 Å². The Kier molecular flexibility index (Phi) is 5.60. The first-order valence-electron chi connectivity index (χ1n) is 7.06. The van der Waals surface area contributed by atoms with Crippen molar-refractivity contribution in [3.05, 3.63) is 64.7 Å². The van der Waals surface area contributed by atoms with E-state index in [1.54, 1.807) is 18.2 Å². The molecule has 0 aliphatic carbocycles. The summed E-state index contributed by atoms with van der Waals surface area (Å²) in [4.78, 5) is 23.3. The number of urea groups is 1. The molecule has 2 rings (SSSR count). The van der Waals surface area contributed by atoms with Crippen molar-refractivity contribution >= 4 is 29.3 Å². The average molecular weight is 333 g/mol. The van der Waals surface area contributed by atoms with Crippen LogP contribution in [0.15, 0.2) is 48.5 Å². The number of hydrogen-bond acceptors (Lipinski definition) is 2. The Bertz CT molecular complexity index is 704. The van der Waals surface area contributed by atoms with Gasteiger partial charge in [-0.25, -0.2) is 9.59 Å². The van der Waals surface area contributed by atoms with Gasteiger partial charge in [0.15, 0.2) is 0 Å². The van der Waals surface area contributed by atoms with E-state index in [1.807, 2.05) is 37.3 Å². The highest BCUT2D eigenvalue weighted by Crippen LogP contribution is 2.22. The number of benzene rings is 2. The molecule has 0 aliphatic heterocycles. The Morgan fingerprint density at radius 3 is 2.48 bits per heavy atom. The lowest BCUT2D eigenvalue weighted by Crippen LogP contribution is -2.44. The van der Waals surface area contributed by atoms with Crippen LogP contribution in [0, 0.1) is 6.92 Å². The summed E-state index contributed by atoms with van der Waals surface area (Å²) in [7, 11) is 0. The van der Waals surface area contributed by atoms with Crippen LogP contribution in [0.3, 0.4) is 0 Å². The minimum Gasteiger partial charge on any atom is -0.480 e. The van der Waals surface area contributed by atoms with Gasteiger partial charge in [-0.15, -0.1) is 0 Å². The predicted molar refractivity (Wildman–Crippen MR) is 89.9 cm³/mol. The average Bonchev–Trinajstić information content (AvgIpc) is 2.50. The van der Waals surface area contributed by atoms with Crippen LogP contribution in [0.5, 0.6) is 0 Å². The zero-order valence-electron chi connectivity index (χ0n) is 12.5. The molecule has 0 heterocycles. The Hall–Kier alpha value is -2.53. The molecule has 0 saturated heterocycles. The van der Waals surface area contributed by atoms with E-state index in [1.165, 1.54) is 0 Å². The second-order valence-corrected chi connectivity index (χ2v) is 5.57. The summed E-state index contributed by atoms with van der Waals surface area (Å²) in [6.45, 7) is 1.88. The highest BCUT2D eigenvalue weighted by atomic mass is 35.5. The Labute approximate surface area is 139 Å². The summed E-state index contributed by atoms with van der Waals surface area (Å²) in [6.07, 6.45) is 0.200. The molecule has 120 valence electrons. The first-order chi connectivity index (χ1) is 11.0. The van der Waals surface area contributed by atoms with Crippen LogP contribution in [-0.2, 0) is 11.2 Å². The van der Waals surface area contributed by atoms with Gasteiger partial charge in [0.2, 0.25) is 0 Å². The molecule has 3 N–H and O–H groups in total. The summed E-state index contributed by atoms with van der Waals surface area (Å²) < 4.78 is 0. The minimum absolute atomic E-state index is 0.200. The van der Waals surface area contributed by atoms with E-state index in [2.05, 4.69) is 10.6 Å². The van der Waals surface area contributed by atoms with Gasteiger partial charge in [0, 0.05) is 6.42 Å². The highest BCUT2D eigenvalue weighted by molar-refractivity contribution is 6.33. The van der Waals surface area contributed by atoms with E-state index in [9.17, 15) is 14.7 Å². The van der Waals surface area contributed by atoms with E-state index < -0.39 is 18.0 Å². The molecule has 0 fully saturated rings. The van der Waals surface area contributed by atoms with Crippen molar-refractivity contribution in [1.82, 2.24) is 5.32 Å². The molecule has 6 heteroatoms. The van der Waals surface area contributed by atoms with Crippen LogP contribution in [0.25, 0.3) is 0 Å². The molecule has 2 aromatic rings. The van der Waals surface area contributed by atoms with E-state index in [0.29, 0.717) is 10.7 Å². The van der Waals surface area contributed by atoms with Crippen LogP contribution in [0.2, 0.25) is 5.02 Å². The molecule has 2 amide bonds. The van der Waals surface area contributed by atoms with E-state index in [0.717, 1.165) is 11.1 Å². The third-order valence-electron chi connectivity index (χ3n) is 3.26. The van der Waals surface area contributed by atoms with Gasteiger partial charge in [-0.05, 0) is 30.2 Å². The van der Waals surface area contributed by atoms with Crippen molar-refractivity contribution in [2.45, 2.75) is 19.4 Å². The van der Waals surface area contributed by atoms with Gasteiger partial charge >= 0.3 is 12.0 Å². The number of carbonyl (C=O) groups is 2. The van der Waals surface area contributed by atoms with E-state index in [4.69, 9.17) is 11.6 Å². The molecule has 0 aromatic heterocycles. The number of amides is 2. The number of aryl methyl sites for hydroxylation is 1. The molecular weight excluding hydrogens is 316 g/mol. The maximum absolute atomic E-state index is 12.0. The smallest absolute Gasteiger partial charge is 0.326 e. The van der Waals surface area contributed by atoms with Crippen molar-refractivity contribution in [2.75, 3.05) is 5.32 Å². The molecule has 2 aromatic carbocycles. The van der Waals surface area contributed by atoms with Crippen molar-refractivity contribution < 1.29 is 14.7 Å². The number of carboxylic acid groups (broad SMARTS) is 1. The first-order valence-corrected chi connectivity index (χ1v) is 7.44. The summed E-state index contributed by atoms with van der Waals surface area (Å²) >= 11 is 6.04. The fraction of sp³-hybridized carbons (Fsp3) is 0.176. The van der Waals surface area contributed by atoms with Crippen LogP contribution in [0.1, 0.15) is 11.1 Å². The molecular formula is C17H17ClN2O3. The summed E-state index contributed by atoms with van der Waals surface area (Å²) in [5, 5.41) is 14.7. The Morgan fingerprint density at radius 2 is 1.87 bits per heavy atom. The molecule has 0 bridgehead atoms. The van der Waals surface area contributed by atoms with Crippen LogP contribution in [-0.4, -0.2) is 23.1 Å². The van der Waals surface area contributed by atoms with E-state index >= 15 is 0 Å². The number of carbonyl (C=O) groups excluding carboxylic acids is 1. The second kappa shape index (κ2) is 7.65. The number of aliphatic carboxylic acids is 1. The van der Waals surface area contributed by atoms with Crippen LogP contribution < -0.4 is 10.6 Å². The number of nitrogens with one attached hydrogen (secondary N) is 2. The zero-order chi connectivity index (χ0) is 16.8. The number of rotatable bonds is 5. The SMILES string of the molecule is Cc1ccc(NC(=O)NC(Cc2ccccc2)C(=O)O)c(Cl)c1. The summed E-state index contributed by atoms with van der Waals surface area (Å²) in [5.74, 6) is -1.10. The van der Waals surface area contributed by atoms with Crippen molar-refractivity contribution in [2.24, 2.45) is 0 Å². The standard InChI is InChI=1S/C17H17ClN2O3/c1-11-7-8-14(13(18)9-11)19-17(23)20-15(16(21)22)10-12-5-3-2-4-6-12/h2-9,15H,10H2,1H3,(H,21,22)(H2,19,20,23). The van der Waals surface area contributed by atoms with Gasteiger partial charge in [0.05, 0.1) is 10.7 Å². The summed E-state index contributed by atoms with van der Waals surface area (Å²) in [5.41, 5.74) is 2.22. The predicted octanol–water partition coefficient (Wildman–Crippen LogP) is 3.47. The largest absolute Gasteiger partial charge is 0.480 e. The molecule has 0 spiro atoms. The van der Waals surface area contributed by atoms with Gasteiger partial charge in [0.25, 0.3) is 0 Å². The topological polar surface area (TPSA) is 78.4 Å². The first kappa shape index (κ1) is 16.8. The lowest BCUT2D eigenvalue weighted by Gasteiger charge is -2.16. The Balaban J connectivity index is 2.02. The fourth-order valence-corrected chi connectivity index (χ4v) is 2.37. The second-order valence-electron chi connectivity index (χ2n) is 5.16. The summed E-state index contributed by atoms with van der Waals surface area (Å²) in [6, 6.07) is 12.7. The molecule has 23 heavy (non-hydrogen) atoms. The maximum Gasteiger partial charge on any atom is 0.326 e. The minimum atomic E-state index is -1.10. The number of carboxylic acids is 1. The lowest BCUT2D eigenvalue weighted by molar-refractivity contribution is -0.139. The zero-order valence-corrected chi connectivity index (χ0v) is 13.3. The maximum atomic E-state index is 12.0. The highest BCUT2D eigenvalue weighted by Gasteiger charge is 2.20. The molecule has 0 radical (unpaired) electrons. The third-order valence-corrected chi connectivity index (χ3v) is 3.57. The fourth-order valence-electron chi connectivity index (χ4n) is 2.09. The molecule has 0 saturated carbocycles. The van der Waals surface area contributed by atoms with Crippen molar-refractivity contribution in [1.29, 1.82) is 0 Å². The van der Waals surface area contributed by atoms with Gasteiger partial charge < -0.3 is 15.7 Å². The normalized spacial score (nSPS) is 11.6. The van der Waals surface area contributed by atoms with Crippen LogP contribution in [0.4, 0.5) is 10.5 Å². The molecule has 5 nitrogen and oxygen atoms in total. The molecule has 1 unspecified atom stereocenters. The number of hydrogen-bond donors (Lipinski definition) is 3. The lowest BCUT2D eigenvalue weighted by atomic mass is 10.1. The third kappa shape index (κ3) is 5.00. The molecule has 0 aliphatic rings. The van der Waals surface area contributed by atoms with Gasteiger partial charge in [0.1, 0.15) is 6.04 Å². The van der Waals surface area contributed by atoms with Crippen molar-refractivity contribution in [3.8, 4) is 0 Å². The Morgan fingerprint density at radius 1 is 1.17 bits per heavy atom. The molecule has 1 atom stereocenters. The number of anilines is 1. The van der Waals surface area contributed by atoms with Gasteiger partial charge in [-0.3, -0.25) is 0 Å². The van der Waals surface area contributed by atoms with E-state index in [-0.39, 0.29) is 6.42 Å². The monoisotopic (exact) mass is 332 g/mol. The van der Waals surface area contributed by atoms with Gasteiger partial charge in [-0.2, -0.15) is 0 Å². The van der Waals surface area contributed by atoms with Crippen molar-refractivity contribution in [3.63, 3.8) is 0 Å². The number of halogens is 1. The van der Waals surface area contributed by atoms with Crippen LogP contribution >= 0.6 is 11.6 Å². The quantitative estimate of drug-likeness (QED) is 0.784.